The van der Waals surface area contributed by atoms with Gasteiger partial charge in [-0.3, -0.25) is 0 Å². The van der Waals surface area contributed by atoms with E-state index in [0.717, 1.165) is 6.33 Å². The predicted octanol–water partition coefficient (Wildman–Crippen LogP) is 2.20. The van der Waals surface area contributed by atoms with Crippen molar-refractivity contribution in [2.24, 2.45) is 0 Å². The van der Waals surface area contributed by atoms with Crippen LogP contribution in [0.2, 0.25) is 5.02 Å². The molecule has 0 spiro atoms. The third kappa shape index (κ3) is 2.58. The Labute approximate surface area is 111 Å². The molecule has 9 heteroatoms. The summed E-state index contributed by atoms with van der Waals surface area (Å²) in [5, 5.41) is 8.35. The SMILES string of the molecule is O=C(O)[C@H]1CCCN1c1ncnc(C(F)(F)F)c1Cl. The van der Waals surface area contributed by atoms with Gasteiger partial charge < -0.3 is 10.0 Å². The fourth-order valence-corrected chi connectivity index (χ4v) is 2.35. The van der Waals surface area contributed by atoms with Crippen molar-refractivity contribution >= 4 is 23.4 Å². The minimum absolute atomic E-state index is 0.186. The Morgan fingerprint density at radius 3 is 2.74 bits per heavy atom. The molecule has 0 aliphatic carbocycles. The van der Waals surface area contributed by atoms with Gasteiger partial charge in [0, 0.05) is 6.54 Å². The number of hydrogen-bond donors (Lipinski definition) is 1. The Morgan fingerprint density at radius 2 is 2.16 bits per heavy atom. The van der Waals surface area contributed by atoms with Gasteiger partial charge in [0.25, 0.3) is 0 Å². The zero-order valence-corrected chi connectivity index (χ0v) is 10.2. The fraction of sp³-hybridized carbons (Fsp3) is 0.500. The molecule has 5 nitrogen and oxygen atoms in total. The molecule has 0 aromatic carbocycles. The normalized spacial score (nSPS) is 19.8. The highest BCUT2D eigenvalue weighted by Crippen LogP contribution is 2.38. The van der Waals surface area contributed by atoms with Crippen molar-refractivity contribution in [2.45, 2.75) is 25.1 Å². The molecule has 1 aliphatic rings. The standard InChI is InChI=1S/C10H9ClF3N3O2/c11-6-7(10(12,13)14)15-4-16-8(6)17-3-1-2-5(17)9(18)19/h4-5H,1-3H2,(H,18,19)/t5-/m1/s1. The van der Waals surface area contributed by atoms with Gasteiger partial charge in [-0.1, -0.05) is 11.6 Å². The Morgan fingerprint density at radius 1 is 1.47 bits per heavy atom. The summed E-state index contributed by atoms with van der Waals surface area (Å²) in [4.78, 5) is 19.1. The number of anilines is 1. The van der Waals surface area contributed by atoms with E-state index in [0.29, 0.717) is 19.4 Å². The molecule has 0 radical (unpaired) electrons. The maximum absolute atomic E-state index is 12.7. The van der Waals surface area contributed by atoms with Gasteiger partial charge in [0.1, 0.15) is 17.4 Å². The number of carbonyl (C=O) groups is 1. The van der Waals surface area contributed by atoms with E-state index in [1.54, 1.807) is 0 Å². The molecule has 2 heterocycles. The first kappa shape index (κ1) is 13.9. The van der Waals surface area contributed by atoms with Crippen LogP contribution in [0, 0.1) is 0 Å². The highest BCUT2D eigenvalue weighted by molar-refractivity contribution is 6.33. The summed E-state index contributed by atoms with van der Waals surface area (Å²) in [5.41, 5.74) is -1.25. The smallest absolute Gasteiger partial charge is 0.435 e. The van der Waals surface area contributed by atoms with E-state index in [1.807, 2.05) is 0 Å². The molecule has 1 aromatic rings. The minimum Gasteiger partial charge on any atom is -0.480 e. The molecular weight excluding hydrogens is 287 g/mol. The van der Waals surface area contributed by atoms with Crippen LogP contribution in [0.5, 0.6) is 0 Å². The van der Waals surface area contributed by atoms with Gasteiger partial charge in [0.05, 0.1) is 0 Å². The van der Waals surface area contributed by atoms with Gasteiger partial charge in [-0.2, -0.15) is 13.2 Å². The molecule has 1 aromatic heterocycles. The maximum Gasteiger partial charge on any atom is 0.435 e. The number of nitrogens with zero attached hydrogens (tertiary/aromatic N) is 3. The van der Waals surface area contributed by atoms with E-state index >= 15 is 0 Å². The van der Waals surface area contributed by atoms with Crippen LogP contribution in [-0.2, 0) is 11.0 Å². The van der Waals surface area contributed by atoms with Crippen molar-refractivity contribution in [3.8, 4) is 0 Å². The number of halogens is 4. The highest BCUT2D eigenvalue weighted by Gasteiger charge is 2.39. The maximum atomic E-state index is 12.7. The van der Waals surface area contributed by atoms with Crippen LogP contribution in [0.15, 0.2) is 6.33 Å². The Bertz CT molecular complexity index is 509. The van der Waals surface area contributed by atoms with Crippen LogP contribution in [0.1, 0.15) is 18.5 Å². The Hall–Kier alpha value is -1.57. The van der Waals surface area contributed by atoms with Crippen LogP contribution >= 0.6 is 11.6 Å². The van der Waals surface area contributed by atoms with Crippen LogP contribution in [0.4, 0.5) is 19.0 Å². The van der Waals surface area contributed by atoms with Crippen molar-refractivity contribution < 1.29 is 23.1 Å². The fourth-order valence-electron chi connectivity index (χ4n) is 2.04. The van der Waals surface area contributed by atoms with E-state index in [2.05, 4.69) is 9.97 Å². The second-order valence-electron chi connectivity index (χ2n) is 4.05. The van der Waals surface area contributed by atoms with Crippen LogP contribution < -0.4 is 4.90 Å². The molecule has 0 amide bonds. The molecule has 1 atom stereocenters. The van der Waals surface area contributed by atoms with Crippen molar-refractivity contribution in [3.05, 3.63) is 17.0 Å². The van der Waals surface area contributed by atoms with E-state index in [-0.39, 0.29) is 5.82 Å². The lowest BCUT2D eigenvalue weighted by atomic mass is 10.2. The summed E-state index contributed by atoms with van der Waals surface area (Å²) in [6, 6.07) is -0.909. The highest BCUT2D eigenvalue weighted by atomic mass is 35.5. The summed E-state index contributed by atoms with van der Waals surface area (Å²) in [7, 11) is 0. The molecule has 0 bridgehead atoms. The third-order valence-electron chi connectivity index (χ3n) is 2.85. The molecule has 1 fully saturated rings. The number of aromatic nitrogens is 2. The second kappa shape index (κ2) is 4.84. The van der Waals surface area contributed by atoms with E-state index in [4.69, 9.17) is 16.7 Å². The summed E-state index contributed by atoms with van der Waals surface area (Å²) in [5.74, 6) is -1.30. The van der Waals surface area contributed by atoms with Crippen LogP contribution in [0.3, 0.4) is 0 Å². The molecular formula is C10H9ClF3N3O2. The van der Waals surface area contributed by atoms with Crippen molar-refractivity contribution in [3.63, 3.8) is 0 Å². The Balaban J connectivity index is 2.43. The van der Waals surface area contributed by atoms with Crippen molar-refractivity contribution in [1.29, 1.82) is 0 Å². The average Bonchev–Trinajstić information content (AvgIpc) is 2.76. The van der Waals surface area contributed by atoms with E-state index < -0.39 is 28.9 Å². The first-order valence-electron chi connectivity index (χ1n) is 5.39. The lowest BCUT2D eigenvalue weighted by Crippen LogP contribution is -2.37. The van der Waals surface area contributed by atoms with Gasteiger partial charge in [0.2, 0.25) is 0 Å². The summed E-state index contributed by atoms with van der Waals surface area (Å²) in [6.45, 7) is 0.297. The lowest BCUT2D eigenvalue weighted by Gasteiger charge is -2.24. The van der Waals surface area contributed by atoms with E-state index in [1.165, 1.54) is 4.90 Å². The lowest BCUT2D eigenvalue weighted by molar-refractivity contribution is -0.141. The Kier molecular flexibility index (Phi) is 3.53. The third-order valence-corrected chi connectivity index (χ3v) is 3.20. The zero-order chi connectivity index (χ0) is 14.2. The van der Waals surface area contributed by atoms with Crippen molar-refractivity contribution in [2.75, 3.05) is 11.4 Å². The number of carboxylic acids is 1. The minimum atomic E-state index is -4.70. The van der Waals surface area contributed by atoms with Gasteiger partial charge in [-0.05, 0) is 12.8 Å². The second-order valence-corrected chi connectivity index (χ2v) is 4.43. The monoisotopic (exact) mass is 295 g/mol. The first-order chi connectivity index (χ1) is 8.82. The molecule has 104 valence electrons. The first-order valence-corrected chi connectivity index (χ1v) is 5.77. The summed E-state index contributed by atoms with van der Waals surface area (Å²) in [6.07, 6.45) is -3.07. The largest absolute Gasteiger partial charge is 0.480 e. The number of alkyl halides is 3. The van der Waals surface area contributed by atoms with Crippen LogP contribution in [-0.4, -0.2) is 33.6 Å². The molecule has 2 rings (SSSR count). The molecule has 1 saturated heterocycles. The quantitative estimate of drug-likeness (QED) is 0.906. The van der Waals surface area contributed by atoms with Gasteiger partial charge >= 0.3 is 12.1 Å². The molecule has 0 saturated carbocycles. The molecule has 0 unspecified atom stereocenters. The molecule has 1 N–H and O–H groups in total. The number of carboxylic acid groups (broad SMARTS) is 1. The number of rotatable bonds is 2. The van der Waals surface area contributed by atoms with Crippen molar-refractivity contribution in [1.82, 2.24) is 9.97 Å². The van der Waals surface area contributed by atoms with Gasteiger partial charge in [-0.25, -0.2) is 14.8 Å². The summed E-state index contributed by atoms with van der Waals surface area (Å²) >= 11 is 5.66. The molecule has 19 heavy (non-hydrogen) atoms. The van der Waals surface area contributed by atoms with Gasteiger partial charge in [-0.15, -0.1) is 0 Å². The van der Waals surface area contributed by atoms with Gasteiger partial charge in [0.15, 0.2) is 11.5 Å². The van der Waals surface area contributed by atoms with Crippen LogP contribution in [0.25, 0.3) is 0 Å². The zero-order valence-electron chi connectivity index (χ0n) is 9.48. The topological polar surface area (TPSA) is 66.3 Å². The average molecular weight is 296 g/mol. The number of aliphatic carboxylic acids is 1. The molecule has 1 aliphatic heterocycles. The number of hydrogen-bond acceptors (Lipinski definition) is 4. The summed E-state index contributed by atoms with van der Waals surface area (Å²) < 4.78 is 38.0. The van der Waals surface area contributed by atoms with E-state index in [9.17, 15) is 18.0 Å². The predicted molar refractivity (Wildman–Crippen MR) is 60.0 cm³/mol.